The monoisotopic (exact) mass is 421 g/mol. The Balaban J connectivity index is 2.16. The predicted molar refractivity (Wildman–Crippen MR) is 122 cm³/mol. The molecule has 0 saturated heterocycles. The van der Waals surface area contributed by atoms with Crippen LogP contribution in [0.2, 0.25) is 0 Å². The molecule has 0 atom stereocenters. The van der Waals surface area contributed by atoms with E-state index in [1.165, 1.54) is 13.2 Å². The number of ether oxygens (including phenoxy) is 2. The van der Waals surface area contributed by atoms with Crippen molar-refractivity contribution < 1.29 is 19.1 Å². The number of carbonyl (C=O) groups excluding carboxylic acids is 2. The maximum absolute atomic E-state index is 13.0. The van der Waals surface area contributed by atoms with Crippen molar-refractivity contribution in [3.63, 3.8) is 0 Å². The summed E-state index contributed by atoms with van der Waals surface area (Å²) >= 11 is 0. The van der Waals surface area contributed by atoms with E-state index in [4.69, 9.17) is 10.5 Å². The third-order valence-corrected chi connectivity index (χ3v) is 4.28. The van der Waals surface area contributed by atoms with Crippen molar-refractivity contribution >= 4 is 23.6 Å². The van der Waals surface area contributed by atoms with Gasteiger partial charge in [-0.3, -0.25) is 9.59 Å². The fourth-order valence-corrected chi connectivity index (χ4v) is 2.72. The van der Waals surface area contributed by atoms with Gasteiger partial charge in [0.2, 0.25) is 0 Å². The highest BCUT2D eigenvalue weighted by Gasteiger charge is 2.19. The molecule has 0 bridgehead atoms. The SMILES string of the molecule is COC#CCOc1ccc(/C=C/C(=O)N(CCN(C)C)c2ccccc2C(N)=O)cc1. The molecule has 0 aliphatic rings. The van der Waals surface area contributed by atoms with E-state index in [1.807, 2.05) is 31.1 Å². The Morgan fingerprint density at radius 2 is 1.77 bits per heavy atom. The molecule has 0 spiro atoms. The minimum Gasteiger partial charge on any atom is -0.481 e. The third-order valence-electron chi connectivity index (χ3n) is 4.28. The molecule has 0 saturated carbocycles. The van der Waals surface area contributed by atoms with Crippen LogP contribution in [0, 0.1) is 12.0 Å². The lowest BCUT2D eigenvalue weighted by Crippen LogP contribution is -2.37. The van der Waals surface area contributed by atoms with Gasteiger partial charge in [-0.1, -0.05) is 24.3 Å². The van der Waals surface area contributed by atoms with Crippen molar-refractivity contribution in [1.29, 1.82) is 0 Å². The van der Waals surface area contributed by atoms with Gasteiger partial charge < -0.3 is 25.0 Å². The second kappa shape index (κ2) is 12.1. The molecule has 2 N–H and O–H groups in total. The average molecular weight is 421 g/mol. The second-order valence-corrected chi connectivity index (χ2v) is 6.85. The van der Waals surface area contributed by atoms with Crippen LogP contribution in [0.25, 0.3) is 6.08 Å². The van der Waals surface area contributed by atoms with Gasteiger partial charge >= 0.3 is 0 Å². The van der Waals surface area contributed by atoms with E-state index in [1.54, 1.807) is 47.4 Å². The van der Waals surface area contributed by atoms with E-state index < -0.39 is 5.91 Å². The number of hydrogen-bond acceptors (Lipinski definition) is 5. The molecule has 0 aromatic heterocycles. The first kappa shape index (κ1) is 23.5. The van der Waals surface area contributed by atoms with Gasteiger partial charge in [0.25, 0.3) is 11.8 Å². The Morgan fingerprint density at radius 3 is 2.42 bits per heavy atom. The van der Waals surface area contributed by atoms with Crippen LogP contribution >= 0.6 is 0 Å². The predicted octanol–water partition coefficient (Wildman–Crippen LogP) is 2.38. The molecule has 2 amide bonds. The van der Waals surface area contributed by atoms with Gasteiger partial charge in [0, 0.05) is 19.2 Å². The van der Waals surface area contributed by atoms with Gasteiger partial charge in [0.1, 0.15) is 11.9 Å². The summed E-state index contributed by atoms with van der Waals surface area (Å²) < 4.78 is 10.1. The summed E-state index contributed by atoms with van der Waals surface area (Å²) in [6.45, 7) is 1.27. The Hall–Kier alpha value is -3.76. The highest BCUT2D eigenvalue weighted by atomic mass is 16.5. The lowest BCUT2D eigenvalue weighted by Gasteiger charge is -2.25. The number of rotatable bonds is 9. The summed E-state index contributed by atoms with van der Waals surface area (Å²) in [5.74, 6) is 2.55. The molecule has 0 aliphatic heterocycles. The highest BCUT2D eigenvalue weighted by molar-refractivity contribution is 6.08. The van der Waals surface area contributed by atoms with Crippen molar-refractivity contribution in [3.05, 3.63) is 65.7 Å². The number of nitrogens with two attached hydrogens (primary N) is 1. The van der Waals surface area contributed by atoms with Crippen molar-refractivity contribution in [3.8, 4) is 17.8 Å². The summed E-state index contributed by atoms with van der Waals surface area (Å²) in [5, 5.41) is 0. The van der Waals surface area contributed by atoms with E-state index in [0.717, 1.165) is 5.56 Å². The van der Waals surface area contributed by atoms with Crippen LogP contribution < -0.4 is 15.4 Å². The maximum atomic E-state index is 13.0. The number of para-hydroxylation sites is 1. The molecule has 0 heterocycles. The van der Waals surface area contributed by atoms with Gasteiger partial charge in [0.15, 0.2) is 6.61 Å². The number of anilines is 1. The van der Waals surface area contributed by atoms with Crippen molar-refractivity contribution in [2.45, 2.75) is 0 Å². The Morgan fingerprint density at radius 1 is 1.06 bits per heavy atom. The number of nitrogens with zero attached hydrogens (tertiary/aromatic N) is 2. The molecule has 2 aromatic rings. The first-order valence-electron chi connectivity index (χ1n) is 9.69. The minimum absolute atomic E-state index is 0.224. The molecule has 0 aliphatic carbocycles. The summed E-state index contributed by atoms with van der Waals surface area (Å²) in [5.41, 5.74) is 7.14. The lowest BCUT2D eigenvalue weighted by atomic mass is 10.1. The van der Waals surface area contributed by atoms with Crippen LogP contribution in [0.4, 0.5) is 5.69 Å². The fraction of sp³-hybridized carbons (Fsp3) is 0.250. The van der Waals surface area contributed by atoms with E-state index in [9.17, 15) is 9.59 Å². The quantitative estimate of drug-likeness (QED) is 0.496. The number of hydrogen-bond donors (Lipinski definition) is 1. The summed E-state index contributed by atoms with van der Waals surface area (Å²) in [4.78, 5) is 28.4. The molecule has 31 heavy (non-hydrogen) atoms. The molecular formula is C24H27N3O4. The normalized spacial score (nSPS) is 10.5. The summed E-state index contributed by atoms with van der Waals surface area (Å²) in [7, 11) is 5.33. The molecule has 0 fully saturated rings. The minimum atomic E-state index is -0.576. The number of primary amides is 1. The lowest BCUT2D eigenvalue weighted by molar-refractivity contribution is -0.114. The molecule has 7 heteroatoms. The highest BCUT2D eigenvalue weighted by Crippen LogP contribution is 2.21. The van der Waals surface area contributed by atoms with Crippen LogP contribution in [-0.4, -0.2) is 57.6 Å². The van der Waals surface area contributed by atoms with E-state index in [-0.39, 0.29) is 12.5 Å². The van der Waals surface area contributed by atoms with Crippen LogP contribution in [0.3, 0.4) is 0 Å². The molecular weight excluding hydrogens is 394 g/mol. The van der Waals surface area contributed by atoms with Gasteiger partial charge in [0.05, 0.1) is 18.4 Å². The maximum Gasteiger partial charge on any atom is 0.251 e. The van der Waals surface area contributed by atoms with Gasteiger partial charge in [-0.2, -0.15) is 0 Å². The Kier molecular flexibility index (Phi) is 9.14. The van der Waals surface area contributed by atoms with E-state index >= 15 is 0 Å². The zero-order chi connectivity index (χ0) is 22.6. The first-order chi connectivity index (χ1) is 14.9. The second-order valence-electron chi connectivity index (χ2n) is 6.85. The molecule has 162 valence electrons. The van der Waals surface area contributed by atoms with Gasteiger partial charge in [-0.05, 0) is 55.9 Å². The van der Waals surface area contributed by atoms with Crippen LogP contribution in [0.15, 0.2) is 54.6 Å². The van der Waals surface area contributed by atoms with Crippen LogP contribution in [-0.2, 0) is 9.53 Å². The number of amides is 2. The average Bonchev–Trinajstić information content (AvgIpc) is 2.76. The Bertz CT molecular complexity index is 972. The molecule has 0 unspecified atom stereocenters. The summed E-state index contributed by atoms with van der Waals surface area (Å²) in [6.07, 6.45) is 5.65. The van der Waals surface area contributed by atoms with Crippen LogP contribution in [0.1, 0.15) is 15.9 Å². The Labute approximate surface area is 183 Å². The molecule has 0 radical (unpaired) electrons. The number of benzene rings is 2. The number of carbonyl (C=O) groups is 2. The topological polar surface area (TPSA) is 85.1 Å². The van der Waals surface area contributed by atoms with E-state index in [2.05, 4.69) is 16.8 Å². The molecule has 2 rings (SSSR count). The number of methoxy groups -OCH3 is 1. The smallest absolute Gasteiger partial charge is 0.251 e. The largest absolute Gasteiger partial charge is 0.481 e. The zero-order valence-corrected chi connectivity index (χ0v) is 18.0. The number of likely N-dealkylation sites (N-methyl/N-ethyl adjacent to an activating group) is 1. The first-order valence-corrected chi connectivity index (χ1v) is 9.69. The van der Waals surface area contributed by atoms with Gasteiger partial charge in [-0.15, -0.1) is 0 Å². The van der Waals surface area contributed by atoms with Crippen LogP contribution in [0.5, 0.6) is 5.75 Å². The van der Waals surface area contributed by atoms with Crippen molar-refractivity contribution in [1.82, 2.24) is 4.90 Å². The summed E-state index contributed by atoms with van der Waals surface area (Å²) in [6, 6.07) is 14.1. The fourth-order valence-electron chi connectivity index (χ4n) is 2.72. The van der Waals surface area contributed by atoms with Crippen molar-refractivity contribution in [2.24, 2.45) is 5.73 Å². The van der Waals surface area contributed by atoms with Gasteiger partial charge in [-0.25, -0.2) is 0 Å². The van der Waals surface area contributed by atoms with Crippen molar-refractivity contribution in [2.75, 3.05) is 45.8 Å². The zero-order valence-electron chi connectivity index (χ0n) is 18.0. The molecule has 7 nitrogen and oxygen atoms in total. The molecule has 2 aromatic carbocycles. The standard InChI is InChI=1S/C24H27N3O4/c1-26(2)15-16-27(22-8-5-4-7-21(22)24(25)29)23(28)14-11-19-9-12-20(13-10-19)31-18-6-17-30-3/h4-5,7-14H,15-16,18H2,1-3H3,(H2,25,29)/b14-11+. The third kappa shape index (κ3) is 7.53. The van der Waals surface area contributed by atoms with E-state index in [0.29, 0.717) is 30.1 Å².